The minimum atomic E-state index is -1.80. The highest BCUT2D eigenvalue weighted by Crippen LogP contribution is 2.40. The molecule has 41 heavy (non-hydrogen) atoms. The molecule has 220 valence electrons. The number of nitrogens with one attached hydrogen (secondary N) is 1. The van der Waals surface area contributed by atoms with Crippen molar-refractivity contribution in [2.75, 3.05) is 26.8 Å². The largest absolute Gasteiger partial charge is 0.466 e. The molecular weight excluding hydrogens is 530 g/mol. The van der Waals surface area contributed by atoms with E-state index in [0.717, 1.165) is 31.4 Å². The third-order valence-corrected chi connectivity index (χ3v) is 7.80. The van der Waals surface area contributed by atoms with E-state index in [0.29, 0.717) is 29.9 Å². The van der Waals surface area contributed by atoms with E-state index in [1.54, 1.807) is 26.0 Å². The van der Waals surface area contributed by atoms with E-state index in [4.69, 9.17) is 9.47 Å². The number of non-ortho nitro benzene ring substituents is 1. The number of piperidine rings is 1. The number of likely N-dealkylation sites (tertiary alicyclic amines) is 1. The maximum atomic E-state index is 13.5. The van der Waals surface area contributed by atoms with Gasteiger partial charge in [-0.1, -0.05) is 30.7 Å². The van der Waals surface area contributed by atoms with Gasteiger partial charge in [-0.25, -0.2) is 9.59 Å². The predicted octanol–water partition coefficient (Wildman–Crippen LogP) is 3.36. The Hall–Kier alpha value is -3.80. The molecule has 2 unspecified atom stereocenters. The van der Waals surface area contributed by atoms with Crippen molar-refractivity contribution in [3.63, 3.8) is 0 Å². The summed E-state index contributed by atoms with van der Waals surface area (Å²) in [4.78, 5) is 39.6. The molecule has 2 heterocycles. The van der Waals surface area contributed by atoms with Crippen LogP contribution < -0.4 is 5.32 Å². The van der Waals surface area contributed by atoms with Crippen LogP contribution in [0.2, 0.25) is 0 Å². The van der Waals surface area contributed by atoms with Crippen molar-refractivity contribution in [2.24, 2.45) is 0 Å². The number of allylic oxidation sites excluding steroid dienone is 2. The van der Waals surface area contributed by atoms with Gasteiger partial charge < -0.3 is 25.0 Å². The summed E-state index contributed by atoms with van der Waals surface area (Å²) in [6.07, 6.45) is 8.89. The zero-order chi connectivity index (χ0) is 29.7. The molecule has 1 aliphatic carbocycles. The second kappa shape index (κ2) is 12.8. The summed E-state index contributed by atoms with van der Waals surface area (Å²) >= 11 is 0. The number of rotatable bonds is 9. The van der Waals surface area contributed by atoms with Crippen molar-refractivity contribution < 1.29 is 34.2 Å². The molecule has 1 fully saturated rings. The highest BCUT2D eigenvalue weighted by Gasteiger charge is 2.38. The number of methoxy groups -OCH3 is 1. The number of aliphatic hydroxyl groups is 2. The number of esters is 2. The summed E-state index contributed by atoms with van der Waals surface area (Å²) in [7, 11) is 1.24. The minimum absolute atomic E-state index is 0.141. The molecule has 3 N–H and O–H groups in total. The number of hydrogen-bond donors (Lipinski definition) is 3. The number of dihydropyridines is 1. The van der Waals surface area contributed by atoms with E-state index in [1.165, 1.54) is 31.4 Å². The van der Waals surface area contributed by atoms with E-state index >= 15 is 0 Å². The molecule has 0 spiro atoms. The lowest BCUT2D eigenvalue weighted by Crippen LogP contribution is -2.42. The molecule has 11 nitrogen and oxygen atoms in total. The van der Waals surface area contributed by atoms with Crippen molar-refractivity contribution in [2.45, 2.75) is 63.7 Å². The lowest BCUT2D eigenvalue weighted by molar-refractivity contribution is -0.384. The quantitative estimate of drug-likeness (QED) is 0.133. The molecule has 0 aromatic heterocycles. The van der Waals surface area contributed by atoms with Crippen LogP contribution in [0.3, 0.4) is 0 Å². The van der Waals surface area contributed by atoms with E-state index in [9.17, 15) is 29.9 Å². The normalized spacial score (nSPS) is 22.6. The van der Waals surface area contributed by atoms with Crippen LogP contribution in [0, 0.1) is 10.1 Å². The van der Waals surface area contributed by atoms with Gasteiger partial charge in [0.1, 0.15) is 0 Å². The van der Waals surface area contributed by atoms with Crippen molar-refractivity contribution in [1.29, 1.82) is 0 Å². The smallest absolute Gasteiger partial charge is 0.336 e. The second-order valence-electron chi connectivity index (χ2n) is 10.6. The number of carbonyl (C=O) groups is 2. The number of carbonyl (C=O) groups excluding carboxylic acids is 2. The van der Waals surface area contributed by atoms with Crippen molar-refractivity contribution in [3.8, 4) is 0 Å². The molecule has 0 amide bonds. The molecule has 11 heteroatoms. The van der Waals surface area contributed by atoms with Gasteiger partial charge in [0.15, 0.2) is 5.79 Å². The first-order chi connectivity index (χ1) is 19.5. The maximum absolute atomic E-state index is 13.5. The van der Waals surface area contributed by atoms with Gasteiger partial charge in [-0.05, 0) is 56.9 Å². The van der Waals surface area contributed by atoms with E-state index in [1.807, 2.05) is 6.08 Å². The Kier molecular flexibility index (Phi) is 9.42. The molecule has 1 aromatic rings. The van der Waals surface area contributed by atoms with Gasteiger partial charge in [0.2, 0.25) is 0 Å². The summed E-state index contributed by atoms with van der Waals surface area (Å²) in [6, 6.07) is 6.03. The summed E-state index contributed by atoms with van der Waals surface area (Å²) in [5.74, 6) is -3.97. The molecule has 0 saturated carbocycles. The topological polar surface area (TPSA) is 151 Å². The molecule has 4 rings (SSSR count). The van der Waals surface area contributed by atoms with E-state index < -0.39 is 28.6 Å². The van der Waals surface area contributed by atoms with Gasteiger partial charge in [-0.3, -0.25) is 15.0 Å². The first-order valence-electron chi connectivity index (χ1n) is 13.8. The number of benzene rings is 1. The standard InChI is InChI=1S/C30H37N3O8/c1-19-25(28(34)40-3)27(22-8-6-9-23(18-22)33(38)39)26(20(2)31-19)29(35)41-17-7-16-32-15-5-4-10-24(32)21-11-13-30(36,37)14-12-21/h6,8-9,11-13,18,24,27,31,36-37H,4-5,7,10,14-17H2,1-3H3. The van der Waals surface area contributed by atoms with Gasteiger partial charge in [0.25, 0.3) is 5.69 Å². The number of hydrogen-bond acceptors (Lipinski definition) is 10. The average molecular weight is 568 g/mol. The third kappa shape index (κ3) is 6.92. The Morgan fingerprint density at radius 1 is 1.17 bits per heavy atom. The number of nitrogens with zero attached hydrogens (tertiary/aromatic N) is 2. The number of ether oxygens (including phenoxy) is 2. The molecule has 1 saturated heterocycles. The summed E-state index contributed by atoms with van der Waals surface area (Å²) in [5.41, 5.74) is 2.68. The SMILES string of the molecule is COC(=O)C1=C(C)NC(C)=C(C(=O)OCCCN2CCCCC2C2=CCC(O)(O)C=C2)C1c1cccc([N+](=O)[O-])c1. The molecule has 0 radical (unpaired) electrons. The first kappa shape index (κ1) is 30.2. The molecule has 2 aliphatic heterocycles. The lowest BCUT2D eigenvalue weighted by atomic mass is 9.80. The van der Waals surface area contributed by atoms with Crippen LogP contribution in [0.1, 0.15) is 57.4 Å². The van der Waals surface area contributed by atoms with Crippen LogP contribution in [0.4, 0.5) is 5.69 Å². The summed E-state index contributed by atoms with van der Waals surface area (Å²) < 4.78 is 10.7. The van der Waals surface area contributed by atoms with Crippen molar-refractivity contribution >= 4 is 17.6 Å². The predicted molar refractivity (Wildman–Crippen MR) is 150 cm³/mol. The second-order valence-corrected chi connectivity index (χ2v) is 10.6. The fraction of sp³-hybridized carbons (Fsp3) is 0.467. The van der Waals surface area contributed by atoms with Crippen LogP contribution in [0.25, 0.3) is 0 Å². The highest BCUT2D eigenvalue weighted by molar-refractivity contribution is 5.99. The van der Waals surface area contributed by atoms with Crippen LogP contribution >= 0.6 is 0 Å². The Morgan fingerprint density at radius 3 is 2.56 bits per heavy atom. The average Bonchev–Trinajstić information content (AvgIpc) is 2.94. The van der Waals surface area contributed by atoms with Gasteiger partial charge >= 0.3 is 11.9 Å². The first-order valence-corrected chi connectivity index (χ1v) is 13.8. The Balaban J connectivity index is 1.47. The van der Waals surface area contributed by atoms with Crippen LogP contribution in [-0.4, -0.2) is 70.6 Å². The fourth-order valence-electron chi connectivity index (χ4n) is 5.82. The molecular formula is C30H37N3O8. The van der Waals surface area contributed by atoms with E-state index in [2.05, 4.69) is 10.2 Å². The zero-order valence-electron chi connectivity index (χ0n) is 23.6. The Bertz CT molecular complexity index is 1330. The van der Waals surface area contributed by atoms with Crippen molar-refractivity contribution in [1.82, 2.24) is 10.2 Å². The van der Waals surface area contributed by atoms with Crippen LogP contribution in [-0.2, 0) is 19.1 Å². The monoisotopic (exact) mass is 567 g/mol. The van der Waals surface area contributed by atoms with Crippen molar-refractivity contribution in [3.05, 3.63) is 86.3 Å². The maximum Gasteiger partial charge on any atom is 0.336 e. The molecule has 0 bridgehead atoms. The highest BCUT2D eigenvalue weighted by atomic mass is 16.6. The minimum Gasteiger partial charge on any atom is -0.466 e. The van der Waals surface area contributed by atoms with Gasteiger partial charge in [0.05, 0.1) is 35.7 Å². The Labute approximate surface area is 239 Å². The van der Waals surface area contributed by atoms with Gasteiger partial charge in [0, 0.05) is 42.5 Å². The van der Waals surface area contributed by atoms with Gasteiger partial charge in [-0.2, -0.15) is 0 Å². The molecule has 1 aromatic carbocycles. The van der Waals surface area contributed by atoms with Gasteiger partial charge in [-0.15, -0.1) is 0 Å². The fourth-order valence-corrected chi connectivity index (χ4v) is 5.82. The lowest BCUT2D eigenvalue weighted by Gasteiger charge is -2.38. The third-order valence-electron chi connectivity index (χ3n) is 7.80. The summed E-state index contributed by atoms with van der Waals surface area (Å²) in [6.45, 7) is 5.11. The van der Waals surface area contributed by atoms with Crippen LogP contribution in [0.15, 0.2) is 70.6 Å². The Morgan fingerprint density at radius 2 is 1.90 bits per heavy atom. The van der Waals surface area contributed by atoms with Crippen LogP contribution in [0.5, 0.6) is 0 Å². The molecule has 2 atom stereocenters. The zero-order valence-corrected chi connectivity index (χ0v) is 23.6. The summed E-state index contributed by atoms with van der Waals surface area (Å²) in [5, 5.41) is 34.1. The number of nitro groups is 1. The molecule has 3 aliphatic rings. The van der Waals surface area contributed by atoms with E-state index in [-0.39, 0.29) is 35.9 Å². The number of nitro benzene ring substituents is 1.